The fraction of sp³-hybridized carbons (Fsp3) is 0.276. The number of aromatic nitrogens is 1. The van der Waals surface area contributed by atoms with Gasteiger partial charge in [-0.15, -0.1) is 0 Å². The summed E-state index contributed by atoms with van der Waals surface area (Å²) in [6.07, 6.45) is 0. The van der Waals surface area contributed by atoms with Crippen molar-refractivity contribution in [2.45, 2.75) is 39.0 Å². The number of nitrogen functional groups attached to an aromatic ring is 1. The summed E-state index contributed by atoms with van der Waals surface area (Å²) in [5, 5.41) is 0.785. The van der Waals surface area contributed by atoms with Gasteiger partial charge in [0.15, 0.2) is 5.78 Å². The molecule has 0 radical (unpaired) electrons. The number of hydrogen-bond donors (Lipinski definition) is 1. The Morgan fingerprint density at radius 1 is 0.914 bits per heavy atom. The standard InChI is InChI=1S/C29H31FN2O3/c1-29(2,20-35-18-22-11-7-4-8-12-22)28-14-23-13-26(31)25(30)15-27(23)32(28)16-24(33)19-34-17-21-9-5-3-6-10-21/h3-15H,16-20,31H2,1-2H3. The number of ketones is 1. The van der Waals surface area contributed by atoms with E-state index in [0.29, 0.717) is 25.3 Å². The first-order chi connectivity index (χ1) is 16.8. The topological polar surface area (TPSA) is 66.5 Å². The monoisotopic (exact) mass is 474 g/mol. The molecule has 0 aliphatic rings. The molecule has 5 nitrogen and oxygen atoms in total. The predicted octanol–water partition coefficient (Wildman–Crippen LogP) is 5.64. The van der Waals surface area contributed by atoms with Crippen molar-refractivity contribution in [1.29, 1.82) is 0 Å². The van der Waals surface area contributed by atoms with Crippen LogP contribution in [0.5, 0.6) is 0 Å². The lowest BCUT2D eigenvalue weighted by molar-refractivity contribution is -0.124. The molecule has 1 aromatic heterocycles. The van der Waals surface area contributed by atoms with Crippen LogP contribution >= 0.6 is 0 Å². The van der Waals surface area contributed by atoms with E-state index >= 15 is 0 Å². The number of hydrogen-bond acceptors (Lipinski definition) is 4. The number of Topliss-reactive ketones (excluding diaryl/α,β-unsaturated/α-hetero) is 1. The van der Waals surface area contributed by atoms with Crippen LogP contribution < -0.4 is 5.73 Å². The molecule has 0 unspecified atom stereocenters. The second-order valence-electron chi connectivity index (χ2n) is 9.43. The highest BCUT2D eigenvalue weighted by molar-refractivity contribution is 5.88. The minimum absolute atomic E-state index is 0.0314. The SMILES string of the molecule is CC(C)(COCc1ccccc1)c1cc2cc(N)c(F)cc2n1CC(=O)COCc1ccccc1. The third-order valence-corrected chi connectivity index (χ3v) is 6.00. The van der Waals surface area contributed by atoms with E-state index in [1.54, 1.807) is 6.07 Å². The number of rotatable bonds is 11. The van der Waals surface area contributed by atoms with Gasteiger partial charge in [-0.2, -0.15) is 0 Å². The number of anilines is 1. The number of benzene rings is 3. The van der Waals surface area contributed by atoms with Crippen molar-refractivity contribution in [2.75, 3.05) is 18.9 Å². The van der Waals surface area contributed by atoms with Crippen LogP contribution in [0.2, 0.25) is 0 Å². The zero-order valence-electron chi connectivity index (χ0n) is 20.2. The highest BCUT2D eigenvalue weighted by Crippen LogP contribution is 2.32. The minimum atomic E-state index is -0.505. The summed E-state index contributed by atoms with van der Waals surface area (Å²) in [6.45, 7) is 5.41. The molecule has 3 aromatic carbocycles. The maximum absolute atomic E-state index is 14.4. The fourth-order valence-electron chi connectivity index (χ4n) is 4.18. The van der Waals surface area contributed by atoms with E-state index in [9.17, 15) is 9.18 Å². The Morgan fingerprint density at radius 2 is 1.51 bits per heavy atom. The van der Waals surface area contributed by atoms with E-state index in [1.807, 2.05) is 71.3 Å². The van der Waals surface area contributed by atoms with Gasteiger partial charge in [0.05, 0.1) is 37.6 Å². The van der Waals surface area contributed by atoms with Crippen molar-refractivity contribution in [1.82, 2.24) is 4.57 Å². The second kappa shape index (κ2) is 10.8. The molecule has 2 N–H and O–H groups in total. The van der Waals surface area contributed by atoms with Gasteiger partial charge < -0.3 is 19.8 Å². The van der Waals surface area contributed by atoms with E-state index in [0.717, 1.165) is 22.2 Å². The molecule has 0 atom stereocenters. The molecular weight excluding hydrogens is 443 g/mol. The van der Waals surface area contributed by atoms with Crippen LogP contribution in [0.15, 0.2) is 78.9 Å². The molecule has 35 heavy (non-hydrogen) atoms. The van der Waals surface area contributed by atoms with Gasteiger partial charge in [0.25, 0.3) is 0 Å². The van der Waals surface area contributed by atoms with Gasteiger partial charge in [-0.25, -0.2) is 4.39 Å². The van der Waals surface area contributed by atoms with Crippen LogP contribution in [0.1, 0.15) is 30.7 Å². The number of nitrogens with zero attached hydrogens (tertiary/aromatic N) is 1. The van der Waals surface area contributed by atoms with E-state index in [1.165, 1.54) is 6.07 Å². The van der Waals surface area contributed by atoms with Gasteiger partial charge in [-0.05, 0) is 23.3 Å². The van der Waals surface area contributed by atoms with Crippen LogP contribution in [0, 0.1) is 5.82 Å². The molecule has 0 spiro atoms. The summed E-state index contributed by atoms with van der Waals surface area (Å²) < 4.78 is 27.9. The summed E-state index contributed by atoms with van der Waals surface area (Å²) in [4.78, 5) is 12.9. The van der Waals surface area contributed by atoms with Crippen LogP contribution in [0.3, 0.4) is 0 Å². The van der Waals surface area contributed by atoms with E-state index in [-0.39, 0.29) is 24.6 Å². The second-order valence-corrected chi connectivity index (χ2v) is 9.43. The number of carbonyl (C=O) groups is 1. The molecule has 0 bridgehead atoms. The Kier molecular flexibility index (Phi) is 7.63. The Balaban J connectivity index is 1.52. The van der Waals surface area contributed by atoms with Crippen molar-refractivity contribution in [3.63, 3.8) is 0 Å². The summed E-state index contributed by atoms with van der Waals surface area (Å²) in [5.41, 5.74) is 9.06. The van der Waals surface area contributed by atoms with Gasteiger partial charge in [-0.3, -0.25) is 4.79 Å². The van der Waals surface area contributed by atoms with E-state index in [2.05, 4.69) is 13.8 Å². The third kappa shape index (κ3) is 6.15. The Morgan fingerprint density at radius 3 is 2.14 bits per heavy atom. The largest absolute Gasteiger partial charge is 0.396 e. The molecule has 1 heterocycles. The first-order valence-corrected chi connectivity index (χ1v) is 11.7. The summed E-state index contributed by atoms with van der Waals surface area (Å²) in [7, 11) is 0. The van der Waals surface area contributed by atoms with Crippen LogP contribution in [-0.2, 0) is 39.4 Å². The van der Waals surface area contributed by atoms with Gasteiger partial charge in [0.1, 0.15) is 12.4 Å². The lowest BCUT2D eigenvalue weighted by Gasteiger charge is -2.27. The summed E-state index contributed by atoms with van der Waals surface area (Å²) in [5.74, 6) is -0.604. The quantitative estimate of drug-likeness (QED) is 0.286. The van der Waals surface area contributed by atoms with Crippen molar-refractivity contribution >= 4 is 22.4 Å². The first-order valence-electron chi connectivity index (χ1n) is 11.7. The summed E-state index contributed by atoms with van der Waals surface area (Å²) in [6, 6.07) is 24.6. The van der Waals surface area contributed by atoms with Crippen molar-refractivity contribution in [2.24, 2.45) is 0 Å². The maximum Gasteiger partial charge on any atom is 0.178 e. The molecule has 0 aliphatic heterocycles. The van der Waals surface area contributed by atoms with Crippen molar-refractivity contribution in [3.8, 4) is 0 Å². The lowest BCUT2D eigenvalue weighted by Crippen LogP contribution is -2.29. The van der Waals surface area contributed by atoms with Crippen LogP contribution in [-0.4, -0.2) is 23.6 Å². The van der Waals surface area contributed by atoms with Gasteiger partial charge in [0.2, 0.25) is 0 Å². The highest BCUT2D eigenvalue weighted by Gasteiger charge is 2.28. The van der Waals surface area contributed by atoms with Gasteiger partial charge >= 0.3 is 0 Å². The zero-order chi connectivity index (χ0) is 24.8. The molecular formula is C29H31FN2O3. The average molecular weight is 475 g/mol. The maximum atomic E-state index is 14.4. The Bertz CT molecular complexity index is 1280. The summed E-state index contributed by atoms with van der Waals surface area (Å²) >= 11 is 0. The molecule has 4 rings (SSSR count). The van der Waals surface area contributed by atoms with Gasteiger partial charge in [-0.1, -0.05) is 74.5 Å². The zero-order valence-corrected chi connectivity index (χ0v) is 20.2. The molecule has 0 amide bonds. The normalized spacial score (nSPS) is 11.7. The number of halogens is 1. The van der Waals surface area contributed by atoms with E-state index < -0.39 is 11.2 Å². The Labute approximate surface area is 205 Å². The Hall–Kier alpha value is -3.48. The number of fused-ring (bicyclic) bond motifs is 1. The van der Waals surface area contributed by atoms with Gasteiger partial charge in [0, 0.05) is 22.6 Å². The van der Waals surface area contributed by atoms with Crippen molar-refractivity contribution < 1.29 is 18.7 Å². The smallest absolute Gasteiger partial charge is 0.178 e. The first kappa shape index (κ1) is 24.6. The molecule has 6 heteroatoms. The fourth-order valence-corrected chi connectivity index (χ4v) is 4.18. The molecule has 0 fully saturated rings. The minimum Gasteiger partial charge on any atom is -0.396 e. The van der Waals surface area contributed by atoms with E-state index in [4.69, 9.17) is 15.2 Å². The molecule has 0 saturated carbocycles. The number of carbonyl (C=O) groups excluding carboxylic acids is 1. The molecule has 182 valence electrons. The number of nitrogens with two attached hydrogens (primary N) is 1. The van der Waals surface area contributed by atoms with Crippen LogP contribution in [0.4, 0.5) is 10.1 Å². The molecule has 0 aliphatic carbocycles. The predicted molar refractivity (Wildman–Crippen MR) is 137 cm³/mol. The third-order valence-electron chi connectivity index (χ3n) is 6.00. The number of ether oxygens (including phenoxy) is 2. The molecule has 0 saturated heterocycles. The highest BCUT2D eigenvalue weighted by atomic mass is 19.1. The average Bonchev–Trinajstić information content (AvgIpc) is 3.18. The van der Waals surface area contributed by atoms with Crippen molar-refractivity contribution in [3.05, 3.63) is 102 Å². The molecule has 4 aromatic rings. The lowest BCUT2D eigenvalue weighted by atomic mass is 9.90. The van der Waals surface area contributed by atoms with Crippen LogP contribution in [0.25, 0.3) is 10.9 Å².